The van der Waals surface area contributed by atoms with Crippen LogP contribution < -0.4 is 4.90 Å². The average Bonchev–Trinajstić information content (AvgIpc) is 3.34. The van der Waals surface area contributed by atoms with Gasteiger partial charge in [-0.25, -0.2) is 0 Å². The minimum Gasteiger partial charge on any atom is -0.378 e. The molecule has 0 bridgehead atoms. The molecule has 8 heteroatoms. The Balaban J connectivity index is 1.46. The minimum atomic E-state index is 0.269. The summed E-state index contributed by atoms with van der Waals surface area (Å²) in [6, 6.07) is 4.13. The lowest BCUT2D eigenvalue weighted by Crippen LogP contribution is -2.38. The van der Waals surface area contributed by atoms with E-state index in [2.05, 4.69) is 36.8 Å². The number of morpholine rings is 1. The molecule has 0 N–H and O–H groups in total. The van der Waals surface area contributed by atoms with Crippen molar-refractivity contribution in [2.24, 2.45) is 0 Å². The monoisotopic (exact) mass is 375 g/mol. The summed E-state index contributed by atoms with van der Waals surface area (Å²) in [5, 5.41) is 9.98. The van der Waals surface area contributed by atoms with Crippen molar-refractivity contribution in [3.63, 3.8) is 0 Å². The van der Waals surface area contributed by atoms with E-state index >= 15 is 0 Å². The van der Waals surface area contributed by atoms with Crippen LogP contribution in [0.1, 0.15) is 18.4 Å². The number of rotatable bonds is 7. The molecule has 0 saturated carbocycles. The molecule has 0 radical (unpaired) electrons. The van der Waals surface area contributed by atoms with Crippen LogP contribution in [0.2, 0.25) is 0 Å². The molecule has 2 aliphatic heterocycles. The molecule has 1 atom stereocenters. The Morgan fingerprint density at radius 2 is 1.96 bits per heavy atom. The summed E-state index contributed by atoms with van der Waals surface area (Å²) in [5.41, 5.74) is 1.30. The third-order valence-electron chi connectivity index (χ3n) is 4.77. The summed E-state index contributed by atoms with van der Waals surface area (Å²) in [5.74, 6) is 1.92. The van der Waals surface area contributed by atoms with Gasteiger partial charge in [-0.15, -0.1) is 10.2 Å². The van der Waals surface area contributed by atoms with E-state index in [0.717, 1.165) is 75.6 Å². The van der Waals surface area contributed by atoms with E-state index < -0.39 is 0 Å². The molecule has 4 heterocycles. The molecule has 2 aliphatic rings. The number of pyridine rings is 1. The van der Waals surface area contributed by atoms with Crippen LogP contribution in [0.4, 0.5) is 5.95 Å². The second-order valence-corrected chi connectivity index (χ2v) is 7.64. The zero-order valence-corrected chi connectivity index (χ0v) is 15.7. The van der Waals surface area contributed by atoms with Crippen LogP contribution in [0, 0.1) is 0 Å². The second-order valence-electron chi connectivity index (χ2n) is 6.58. The molecule has 0 spiro atoms. The Bertz CT molecular complexity index is 684. The van der Waals surface area contributed by atoms with E-state index in [-0.39, 0.29) is 6.10 Å². The lowest BCUT2D eigenvalue weighted by Gasteiger charge is -2.28. The number of aromatic nitrogens is 4. The van der Waals surface area contributed by atoms with Gasteiger partial charge >= 0.3 is 0 Å². The number of aryl methyl sites for hydroxylation is 1. The van der Waals surface area contributed by atoms with Crippen LogP contribution in [0.3, 0.4) is 0 Å². The maximum Gasteiger partial charge on any atom is 0.228 e. The highest BCUT2D eigenvalue weighted by atomic mass is 32.2. The van der Waals surface area contributed by atoms with Crippen molar-refractivity contribution in [3.05, 3.63) is 30.1 Å². The Morgan fingerprint density at radius 3 is 2.73 bits per heavy atom. The molecule has 2 fully saturated rings. The first kappa shape index (κ1) is 17.8. The van der Waals surface area contributed by atoms with Gasteiger partial charge in [0.25, 0.3) is 0 Å². The molecule has 0 aromatic carbocycles. The predicted octanol–water partition coefficient (Wildman–Crippen LogP) is 2.02. The minimum absolute atomic E-state index is 0.269. The summed E-state index contributed by atoms with van der Waals surface area (Å²) >= 11 is 1.77. The molecule has 2 aromatic rings. The summed E-state index contributed by atoms with van der Waals surface area (Å²) < 4.78 is 13.6. The van der Waals surface area contributed by atoms with Crippen molar-refractivity contribution in [2.45, 2.75) is 37.1 Å². The topological polar surface area (TPSA) is 65.3 Å². The van der Waals surface area contributed by atoms with Gasteiger partial charge in [0.05, 0.1) is 25.9 Å². The van der Waals surface area contributed by atoms with Gasteiger partial charge in [0.1, 0.15) is 0 Å². The largest absolute Gasteiger partial charge is 0.378 e. The van der Waals surface area contributed by atoms with Crippen LogP contribution >= 0.6 is 11.8 Å². The van der Waals surface area contributed by atoms with Crippen LogP contribution in [0.5, 0.6) is 0 Å². The standard InChI is InChI=1S/C18H25N5O2S/c1-2-16(25-10-1)14-23-17(22-8-11-24-12-9-22)20-21-18(23)26-13-5-15-3-6-19-7-4-15/h3-4,6-7,16H,1-2,5,8-14H2. The summed E-state index contributed by atoms with van der Waals surface area (Å²) in [7, 11) is 0. The first-order chi connectivity index (χ1) is 12.9. The fourth-order valence-electron chi connectivity index (χ4n) is 3.35. The van der Waals surface area contributed by atoms with Crippen LogP contribution in [0.15, 0.2) is 29.7 Å². The molecule has 2 aromatic heterocycles. The average molecular weight is 375 g/mol. The SMILES string of the molecule is c1cc(CCSc2nnc(N3CCOCC3)n2CC2CCCO2)ccn1. The summed E-state index contributed by atoms with van der Waals surface area (Å²) in [6.45, 7) is 4.92. The smallest absolute Gasteiger partial charge is 0.228 e. The summed E-state index contributed by atoms with van der Waals surface area (Å²) in [6.07, 6.45) is 7.21. The Labute approximate surface area is 158 Å². The number of thioether (sulfide) groups is 1. The zero-order valence-electron chi connectivity index (χ0n) is 14.9. The van der Waals surface area contributed by atoms with Gasteiger partial charge in [0, 0.05) is 37.8 Å². The van der Waals surface area contributed by atoms with E-state index in [4.69, 9.17) is 9.47 Å². The van der Waals surface area contributed by atoms with E-state index in [1.165, 1.54) is 5.56 Å². The van der Waals surface area contributed by atoms with Crippen LogP contribution in [0.25, 0.3) is 0 Å². The van der Waals surface area contributed by atoms with E-state index in [1.54, 1.807) is 11.8 Å². The van der Waals surface area contributed by atoms with Gasteiger partial charge in [0.15, 0.2) is 5.16 Å². The number of hydrogen-bond donors (Lipinski definition) is 0. The van der Waals surface area contributed by atoms with Gasteiger partial charge in [-0.2, -0.15) is 0 Å². The molecule has 2 saturated heterocycles. The van der Waals surface area contributed by atoms with Gasteiger partial charge in [-0.1, -0.05) is 11.8 Å². The van der Waals surface area contributed by atoms with Gasteiger partial charge in [0.2, 0.25) is 5.95 Å². The molecule has 4 rings (SSSR count). The number of ether oxygens (including phenoxy) is 2. The highest BCUT2D eigenvalue weighted by Gasteiger charge is 2.24. The van der Waals surface area contributed by atoms with E-state index in [0.29, 0.717) is 0 Å². The number of hydrogen-bond acceptors (Lipinski definition) is 7. The first-order valence-corrected chi connectivity index (χ1v) is 10.3. The maximum atomic E-state index is 5.86. The molecule has 140 valence electrons. The molecular formula is C18H25N5O2S. The molecule has 26 heavy (non-hydrogen) atoms. The molecule has 0 aliphatic carbocycles. The Hall–Kier alpha value is -1.64. The maximum absolute atomic E-state index is 5.86. The van der Waals surface area contributed by atoms with E-state index in [1.807, 2.05) is 12.4 Å². The van der Waals surface area contributed by atoms with Gasteiger partial charge in [-0.3, -0.25) is 9.55 Å². The predicted molar refractivity (Wildman–Crippen MR) is 101 cm³/mol. The Kier molecular flexibility index (Phi) is 6.03. The fourth-order valence-corrected chi connectivity index (χ4v) is 4.28. The van der Waals surface area contributed by atoms with Crippen LogP contribution in [-0.2, 0) is 22.4 Å². The highest BCUT2D eigenvalue weighted by molar-refractivity contribution is 7.99. The van der Waals surface area contributed by atoms with Gasteiger partial charge < -0.3 is 14.4 Å². The van der Waals surface area contributed by atoms with Crippen LogP contribution in [-0.4, -0.2) is 64.5 Å². The summed E-state index contributed by atoms with van der Waals surface area (Å²) in [4.78, 5) is 6.35. The molecule has 7 nitrogen and oxygen atoms in total. The molecule has 0 amide bonds. The Morgan fingerprint density at radius 1 is 1.12 bits per heavy atom. The lowest BCUT2D eigenvalue weighted by atomic mass is 10.2. The van der Waals surface area contributed by atoms with Crippen molar-refractivity contribution in [3.8, 4) is 0 Å². The number of nitrogens with zero attached hydrogens (tertiary/aromatic N) is 5. The fraction of sp³-hybridized carbons (Fsp3) is 0.611. The normalized spacial score (nSPS) is 20.6. The second kappa shape index (κ2) is 8.83. The number of anilines is 1. The molecule has 1 unspecified atom stereocenters. The third-order valence-corrected chi connectivity index (χ3v) is 5.74. The van der Waals surface area contributed by atoms with Crippen molar-refractivity contribution in [1.29, 1.82) is 0 Å². The van der Waals surface area contributed by atoms with Crippen molar-refractivity contribution in [2.75, 3.05) is 43.6 Å². The first-order valence-electron chi connectivity index (χ1n) is 9.29. The van der Waals surface area contributed by atoms with Crippen molar-refractivity contribution in [1.82, 2.24) is 19.7 Å². The zero-order chi connectivity index (χ0) is 17.6. The molecular weight excluding hydrogens is 350 g/mol. The quantitative estimate of drug-likeness (QED) is 0.686. The van der Waals surface area contributed by atoms with E-state index in [9.17, 15) is 0 Å². The van der Waals surface area contributed by atoms with Crippen molar-refractivity contribution < 1.29 is 9.47 Å². The lowest BCUT2D eigenvalue weighted by molar-refractivity contribution is 0.0942. The van der Waals surface area contributed by atoms with Gasteiger partial charge in [-0.05, 0) is 37.0 Å². The third kappa shape index (κ3) is 4.36. The van der Waals surface area contributed by atoms with Crippen molar-refractivity contribution >= 4 is 17.7 Å². The highest BCUT2D eigenvalue weighted by Crippen LogP contribution is 2.26.